The van der Waals surface area contributed by atoms with E-state index in [2.05, 4.69) is 32.6 Å². The average molecular weight is 402 g/mol. The summed E-state index contributed by atoms with van der Waals surface area (Å²) in [6, 6.07) is 8.34. The van der Waals surface area contributed by atoms with E-state index in [1.165, 1.54) is 12.1 Å². The van der Waals surface area contributed by atoms with Crippen LogP contribution in [0.15, 0.2) is 36.5 Å². The summed E-state index contributed by atoms with van der Waals surface area (Å²) in [4.78, 5) is 8.89. The average Bonchev–Trinajstić information content (AvgIpc) is 2.78. The Bertz CT molecular complexity index is 785. The summed E-state index contributed by atoms with van der Waals surface area (Å²) in [6.45, 7) is 1.86. The molecule has 0 bridgehead atoms. The molecule has 0 aliphatic rings. The molecule has 0 N–H and O–H groups in total. The zero-order chi connectivity index (χ0) is 14.3. The summed E-state index contributed by atoms with van der Waals surface area (Å²) in [5, 5.41) is -0.273. The number of alkyl halides is 1. The van der Waals surface area contributed by atoms with Gasteiger partial charge in [-0.2, -0.15) is 0 Å². The Morgan fingerprint density at radius 2 is 2.15 bits per heavy atom. The van der Waals surface area contributed by atoms with Crippen LogP contribution in [0.2, 0.25) is 0 Å². The summed E-state index contributed by atoms with van der Waals surface area (Å²) in [5.41, 5.74) is 2.32. The van der Waals surface area contributed by atoms with Gasteiger partial charge in [-0.05, 0) is 59.8 Å². The molecule has 0 amide bonds. The molecule has 0 aliphatic carbocycles. The van der Waals surface area contributed by atoms with Crippen molar-refractivity contribution in [2.45, 2.75) is 12.3 Å². The van der Waals surface area contributed by atoms with Crippen LogP contribution in [-0.2, 0) is 0 Å². The van der Waals surface area contributed by atoms with E-state index < -0.39 is 0 Å². The minimum Gasteiger partial charge on any atom is -0.278 e. The Kier molecular flexibility index (Phi) is 3.64. The zero-order valence-corrected chi connectivity index (χ0v) is 13.4. The minimum atomic E-state index is -0.273. The molecule has 3 rings (SSSR count). The smallest absolute Gasteiger partial charge is 0.164 e. The van der Waals surface area contributed by atoms with Gasteiger partial charge in [-0.15, -0.1) is 11.6 Å². The van der Waals surface area contributed by atoms with Crippen LogP contribution in [0.4, 0.5) is 4.39 Å². The van der Waals surface area contributed by atoms with Gasteiger partial charge in [0.2, 0.25) is 0 Å². The van der Waals surface area contributed by atoms with Gasteiger partial charge in [0.1, 0.15) is 17.2 Å². The Morgan fingerprint density at radius 3 is 2.85 bits per heavy atom. The fourth-order valence-corrected chi connectivity index (χ4v) is 2.96. The first-order chi connectivity index (χ1) is 9.58. The van der Waals surface area contributed by atoms with E-state index >= 15 is 0 Å². The highest BCUT2D eigenvalue weighted by molar-refractivity contribution is 14.1. The molecule has 0 aliphatic heterocycles. The highest BCUT2D eigenvalue weighted by Gasteiger charge is 2.18. The quantitative estimate of drug-likeness (QED) is 0.469. The van der Waals surface area contributed by atoms with Gasteiger partial charge < -0.3 is 0 Å². The number of benzene rings is 1. The third-order valence-corrected chi connectivity index (χ3v) is 4.01. The number of pyridine rings is 1. The molecule has 1 unspecified atom stereocenters. The van der Waals surface area contributed by atoms with Crippen molar-refractivity contribution in [3.05, 3.63) is 51.7 Å². The number of hydrogen-bond acceptors (Lipinski definition) is 2. The van der Waals surface area contributed by atoms with Crippen LogP contribution in [0.1, 0.15) is 18.1 Å². The number of hydrogen-bond donors (Lipinski definition) is 0. The fraction of sp³-hybridized carbons (Fsp3) is 0.143. The monoisotopic (exact) mass is 401 g/mol. The summed E-state index contributed by atoms with van der Waals surface area (Å²) in [5.74, 6) is 0.431. The molecule has 20 heavy (non-hydrogen) atoms. The van der Waals surface area contributed by atoms with Crippen molar-refractivity contribution < 1.29 is 4.39 Å². The maximum atomic E-state index is 13.3. The van der Waals surface area contributed by atoms with Gasteiger partial charge in [0, 0.05) is 9.77 Å². The first-order valence-corrected chi connectivity index (χ1v) is 7.52. The number of imidazole rings is 1. The topological polar surface area (TPSA) is 30.7 Å². The van der Waals surface area contributed by atoms with Crippen LogP contribution in [0.3, 0.4) is 0 Å². The predicted octanol–water partition coefficient (Wildman–Crippen LogP) is 4.46. The van der Waals surface area contributed by atoms with Crippen molar-refractivity contribution in [1.82, 2.24) is 14.5 Å². The van der Waals surface area contributed by atoms with Crippen LogP contribution in [0.25, 0.3) is 16.9 Å². The second-order valence-electron chi connectivity index (χ2n) is 4.36. The summed E-state index contributed by atoms with van der Waals surface area (Å²) in [6.07, 6.45) is 1.71. The molecule has 0 spiro atoms. The molecule has 3 nitrogen and oxygen atoms in total. The molecule has 0 radical (unpaired) electrons. The van der Waals surface area contributed by atoms with Gasteiger partial charge >= 0.3 is 0 Å². The molecular weight excluding hydrogens is 392 g/mol. The molecule has 6 heteroatoms. The Labute approximate surface area is 133 Å². The summed E-state index contributed by atoms with van der Waals surface area (Å²) >= 11 is 8.33. The van der Waals surface area contributed by atoms with E-state index in [0.29, 0.717) is 5.82 Å². The molecule has 102 valence electrons. The number of aromatic nitrogens is 3. The molecule has 2 heterocycles. The van der Waals surface area contributed by atoms with Crippen LogP contribution in [0, 0.1) is 9.39 Å². The van der Waals surface area contributed by atoms with E-state index in [4.69, 9.17) is 11.6 Å². The third-order valence-electron chi connectivity index (χ3n) is 2.95. The van der Waals surface area contributed by atoms with Gasteiger partial charge in [-0.3, -0.25) is 4.57 Å². The first-order valence-electron chi connectivity index (χ1n) is 6.01. The maximum absolute atomic E-state index is 13.3. The number of nitrogens with zero attached hydrogens (tertiary/aromatic N) is 3. The summed E-state index contributed by atoms with van der Waals surface area (Å²) in [7, 11) is 0. The maximum Gasteiger partial charge on any atom is 0.164 e. The standard InChI is InChI=1S/C14H10ClFIN3/c1-8(15)13-19-11-3-2-6-18-14(11)20(13)12-5-4-9(16)7-10(12)17/h2-8H,1H3. The molecule has 1 atom stereocenters. The minimum absolute atomic E-state index is 0.268. The normalized spacial score (nSPS) is 12.8. The van der Waals surface area contributed by atoms with E-state index in [-0.39, 0.29) is 11.2 Å². The van der Waals surface area contributed by atoms with E-state index in [0.717, 1.165) is 20.4 Å². The fourth-order valence-electron chi connectivity index (χ4n) is 2.10. The number of fused-ring (bicyclic) bond motifs is 1. The Balaban J connectivity index is 2.36. The van der Waals surface area contributed by atoms with Crippen molar-refractivity contribution in [2.75, 3.05) is 0 Å². The Hall–Kier alpha value is -1.21. The van der Waals surface area contributed by atoms with Gasteiger partial charge in [-0.1, -0.05) is 0 Å². The van der Waals surface area contributed by atoms with E-state index in [1.54, 1.807) is 12.3 Å². The van der Waals surface area contributed by atoms with Crippen molar-refractivity contribution in [2.24, 2.45) is 0 Å². The SMILES string of the molecule is CC(Cl)c1nc2cccnc2n1-c1ccc(F)cc1I. The molecule has 0 saturated carbocycles. The molecule has 2 aromatic heterocycles. The summed E-state index contributed by atoms with van der Waals surface area (Å²) < 4.78 is 16.0. The zero-order valence-electron chi connectivity index (χ0n) is 10.5. The third kappa shape index (κ3) is 2.29. The lowest BCUT2D eigenvalue weighted by Crippen LogP contribution is -2.04. The lowest BCUT2D eigenvalue weighted by atomic mass is 10.3. The van der Waals surface area contributed by atoms with Crippen molar-refractivity contribution >= 4 is 45.4 Å². The highest BCUT2D eigenvalue weighted by Crippen LogP contribution is 2.29. The number of halogens is 3. The van der Waals surface area contributed by atoms with Crippen molar-refractivity contribution in [3.63, 3.8) is 0 Å². The van der Waals surface area contributed by atoms with Crippen molar-refractivity contribution in [1.29, 1.82) is 0 Å². The largest absolute Gasteiger partial charge is 0.278 e. The van der Waals surface area contributed by atoms with Gasteiger partial charge in [-0.25, -0.2) is 14.4 Å². The number of rotatable bonds is 2. The van der Waals surface area contributed by atoms with Crippen LogP contribution in [0.5, 0.6) is 0 Å². The van der Waals surface area contributed by atoms with E-state index in [9.17, 15) is 4.39 Å². The molecule has 1 aromatic carbocycles. The van der Waals surface area contributed by atoms with Gasteiger partial charge in [0.05, 0.1) is 11.1 Å². The van der Waals surface area contributed by atoms with Crippen LogP contribution < -0.4 is 0 Å². The molecule has 0 fully saturated rings. The molecule has 0 saturated heterocycles. The second kappa shape index (κ2) is 5.29. The van der Waals surface area contributed by atoms with Gasteiger partial charge in [0.15, 0.2) is 5.65 Å². The van der Waals surface area contributed by atoms with Crippen molar-refractivity contribution in [3.8, 4) is 5.69 Å². The molecular formula is C14H10ClFIN3. The molecule has 3 aromatic rings. The highest BCUT2D eigenvalue weighted by atomic mass is 127. The second-order valence-corrected chi connectivity index (χ2v) is 6.18. The predicted molar refractivity (Wildman–Crippen MR) is 85.8 cm³/mol. The lowest BCUT2D eigenvalue weighted by Gasteiger charge is -2.11. The van der Waals surface area contributed by atoms with Gasteiger partial charge in [0.25, 0.3) is 0 Å². The van der Waals surface area contributed by atoms with Crippen LogP contribution >= 0.6 is 34.2 Å². The lowest BCUT2D eigenvalue weighted by molar-refractivity contribution is 0.626. The first kappa shape index (κ1) is 13.8. The van der Waals surface area contributed by atoms with Crippen LogP contribution in [-0.4, -0.2) is 14.5 Å². The van der Waals surface area contributed by atoms with E-state index in [1.807, 2.05) is 23.6 Å². The Morgan fingerprint density at radius 1 is 1.35 bits per heavy atom.